The molecule has 21 heavy (non-hydrogen) atoms. The SMILES string of the molecule is OC1c2ccc3ccc4ccccc4c3c2C2O[C@@H]2[C@H]1O. The van der Waals surface area contributed by atoms with E-state index in [0.29, 0.717) is 0 Å². The molecule has 0 bridgehead atoms. The molecule has 1 heterocycles. The Morgan fingerprint density at radius 3 is 2.52 bits per heavy atom. The molecule has 0 amide bonds. The summed E-state index contributed by atoms with van der Waals surface area (Å²) >= 11 is 0. The number of hydrogen-bond donors (Lipinski definition) is 2. The molecule has 3 aromatic rings. The van der Waals surface area contributed by atoms with Gasteiger partial charge in [0.1, 0.15) is 24.4 Å². The maximum absolute atomic E-state index is 10.3. The Balaban J connectivity index is 1.95. The molecule has 1 aliphatic carbocycles. The predicted molar refractivity (Wildman–Crippen MR) is 80.0 cm³/mol. The van der Waals surface area contributed by atoms with E-state index in [1.165, 1.54) is 10.8 Å². The molecule has 4 atom stereocenters. The fourth-order valence-corrected chi connectivity index (χ4v) is 3.69. The van der Waals surface area contributed by atoms with Crippen molar-refractivity contribution in [3.8, 4) is 0 Å². The zero-order valence-electron chi connectivity index (χ0n) is 11.2. The fourth-order valence-electron chi connectivity index (χ4n) is 3.69. The summed E-state index contributed by atoms with van der Waals surface area (Å²) in [5.41, 5.74) is 1.84. The van der Waals surface area contributed by atoms with Gasteiger partial charge in [-0.25, -0.2) is 0 Å². The van der Waals surface area contributed by atoms with Crippen LogP contribution in [0.5, 0.6) is 0 Å². The van der Waals surface area contributed by atoms with Crippen molar-refractivity contribution in [2.45, 2.75) is 24.4 Å². The van der Waals surface area contributed by atoms with Crippen LogP contribution in [0.2, 0.25) is 0 Å². The zero-order chi connectivity index (χ0) is 14.1. The average Bonchev–Trinajstić information content (AvgIpc) is 3.32. The quantitative estimate of drug-likeness (QED) is 0.491. The van der Waals surface area contributed by atoms with Gasteiger partial charge in [-0.05, 0) is 32.7 Å². The molecule has 5 rings (SSSR count). The number of rotatable bonds is 0. The van der Waals surface area contributed by atoms with Gasteiger partial charge in [-0.1, -0.05) is 48.5 Å². The van der Waals surface area contributed by atoms with Crippen LogP contribution in [0.25, 0.3) is 21.5 Å². The van der Waals surface area contributed by atoms with Crippen molar-refractivity contribution in [1.82, 2.24) is 0 Å². The highest BCUT2D eigenvalue weighted by Gasteiger charge is 2.54. The summed E-state index contributed by atoms with van der Waals surface area (Å²) in [6.45, 7) is 0. The van der Waals surface area contributed by atoms with E-state index in [-0.39, 0.29) is 12.2 Å². The highest BCUT2D eigenvalue weighted by atomic mass is 16.6. The van der Waals surface area contributed by atoms with E-state index in [4.69, 9.17) is 4.74 Å². The number of aliphatic hydroxyl groups excluding tert-OH is 2. The van der Waals surface area contributed by atoms with Crippen LogP contribution in [0.3, 0.4) is 0 Å². The molecule has 0 saturated carbocycles. The Bertz CT molecular complexity index is 886. The minimum Gasteiger partial charge on any atom is -0.387 e. The van der Waals surface area contributed by atoms with Crippen LogP contribution in [0.15, 0.2) is 48.5 Å². The molecule has 0 radical (unpaired) electrons. The number of fused-ring (bicyclic) bond motifs is 7. The lowest BCUT2D eigenvalue weighted by atomic mass is 9.83. The van der Waals surface area contributed by atoms with Gasteiger partial charge >= 0.3 is 0 Å². The molecule has 3 heteroatoms. The van der Waals surface area contributed by atoms with Gasteiger partial charge in [-0.15, -0.1) is 0 Å². The van der Waals surface area contributed by atoms with Gasteiger partial charge in [-0.3, -0.25) is 0 Å². The second-order valence-electron chi connectivity index (χ2n) is 5.91. The Hall–Kier alpha value is -1.94. The van der Waals surface area contributed by atoms with Gasteiger partial charge in [0.25, 0.3) is 0 Å². The first-order valence-corrected chi connectivity index (χ1v) is 7.21. The summed E-state index contributed by atoms with van der Waals surface area (Å²) in [7, 11) is 0. The smallest absolute Gasteiger partial charge is 0.118 e. The summed E-state index contributed by atoms with van der Waals surface area (Å²) in [4.78, 5) is 0. The molecule has 2 unspecified atom stereocenters. The van der Waals surface area contributed by atoms with E-state index < -0.39 is 12.2 Å². The summed E-state index contributed by atoms with van der Waals surface area (Å²) in [6.07, 6.45) is -2.05. The molecule has 2 N–H and O–H groups in total. The van der Waals surface area contributed by atoms with Gasteiger partial charge in [0, 0.05) is 0 Å². The van der Waals surface area contributed by atoms with Gasteiger partial charge < -0.3 is 14.9 Å². The number of ether oxygens (including phenoxy) is 1. The minimum absolute atomic E-state index is 0.0899. The van der Waals surface area contributed by atoms with E-state index >= 15 is 0 Å². The van der Waals surface area contributed by atoms with Crippen molar-refractivity contribution in [1.29, 1.82) is 0 Å². The van der Waals surface area contributed by atoms with E-state index in [2.05, 4.69) is 24.3 Å². The molecular formula is C18H14O3. The molecule has 1 fully saturated rings. The van der Waals surface area contributed by atoms with Crippen molar-refractivity contribution in [2.24, 2.45) is 0 Å². The van der Waals surface area contributed by atoms with Gasteiger partial charge in [0.15, 0.2) is 0 Å². The van der Waals surface area contributed by atoms with Crippen LogP contribution in [-0.4, -0.2) is 22.4 Å². The maximum Gasteiger partial charge on any atom is 0.118 e. The molecule has 1 aliphatic heterocycles. The van der Waals surface area contributed by atoms with Crippen molar-refractivity contribution in [3.63, 3.8) is 0 Å². The Morgan fingerprint density at radius 2 is 1.62 bits per heavy atom. The zero-order valence-corrected chi connectivity index (χ0v) is 11.2. The second-order valence-corrected chi connectivity index (χ2v) is 5.91. The van der Waals surface area contributed by atoms with Crippen LogP contribution in [0, 0.1) is 0 Å². The highest BCUT2D eigenvalue weighted by Crippen LogP contribution is 2.53. The van der Waals surface area contributed by atoms with Crippen molar-refractivity contribution in [2.75, 3.05) is 0 Å². The number of benzene rings is 3. The fraction of sp³-hybridized carbons (Fsp3) is 0.222. The first-order valence-electron chi connectivity index (χ1n) is 7.21. The van der Waals surface area contributed by atoms with Crippen LogP contribution in [-0.2, 0) is 4.74 Å². The lowest BCUT2D eigenvalue weighted by Gasteiger charge is -2.25. The Kier molecular flexibility index (Phi) is 2.13. The topological polar surface area (TPSA) is 53.0 Å². The van der Waals surface area contributed by atoms with E-state index in [1.54, 1.807) is 0 Å². The average molecular weight is 278 g/mol. The molecule has 1 saturated heterocycles. The van der Waals surface area contributed by atoms with Crippen molar-refractivity contribution in [3.05, 3.63) is 59.7 Å². The van der Waals surface area contributed by atoms with Crippen molar-refractivity contribution < 1.29 is 14.9 Å². The highest BCUT2D eigenvalue weighted by molar-refractivity contribution is 6.10. The number of aliphatic hydroxyl groups is 2. The van der Waals surface area contributed by atoms with Crippen LogP contribution < -0.4 is 0 Å². The molecule has 0 spiro atoms. The van der Waals surface area contributed by atoms with Gasteiger partial charge in [0.2, 0.25) is 0 Å². The third-order valence-corrected chi connectivity index (χ3v) is 4.77. The largest absolute Gasteiger partial charge is 0.387 e. The summed E-state index contributed by atoms with van der Waals surface area (Å²) in [5.74, 6) is 0. The lowest BCUT2D eigenvalue weighted by Crippen LogP contribution is -2.29. The number of epoxide rings is 1. The predicted octanol–water partition coefficient (Wildman–Crippen LogP) is 2.84. The van der Waals surface area contributed by atoms with Crippen LogP contribution in [0.4, 0.5) is 0 Å². The molecule has 104 valence electrons. The first kappa shape index (κ1) is 11.7. The molecular weight excluding hydrogens is 264 g/mol. The van der Waals surface area contributed by atoms with E-state index in [1.807, 2.05) is 24.3 Å². The second kappa shape index (κ2) is 3.83. The van der Waals surface area contributed by atoms with Crippen LogP contribution >= 0.6 is 0 Å². The normalized spacial score (nSPS) is 30.2. The standard InChI is InChI=1S/C18H14O3/c19-15-12-8-7-10-6-5-9-3-1-2-4-11(9)13(10)14(12)17-18(21-17)16(15)20/h1-8,15-20H/t15?,16-,17?,18+/m0/s1. The summed E-state index contributed by atoms with van der Waals surface area (Å²) in [5, 5.41) is 25.0. The molecule has 3 aromatic carbocycles. The van der Waals surface area contributed by atoms with Gasteiger partial charge in [0.05, 0.1) is 0 Å². The summed E-state index contributed by atoms with van der Waals surface area (Å²) in [6, 6.07) is 16.4. The van der Waals surface area contributed by atoms with Crippen LogP contribution in [0.1, 0.15) is 23.3 Å². The monoisotopic (exact) mass is 278 g/mol. The number of hydrogen-bond acceptors (Lipinski definition) is 3. The first-order chi connectivity index (χ1) is 10.3. The minimum atomic E-state index is -0.868. The van der Waals surface area contributed by atoms with Crippen molar-refractivity contribution >= 4 is 21.5 Å². The summed E-state index contributed by atoms with van der Waals surface area (Å²) < 4.78 is 5.63. The molecule has 0 aromatic heterocycles. The Labute approximate surface area is 121 Å². The Morgan fingerprint density at radius 1 is 0.857 bits per heavy atom. The third kappa shape index (κ3) is 1.43. The molecule has 3 nitrogen and oxygen atoms in total. The third-order valence-electron chi connectivity index (χ3n) is 4.77. The van der Waals surface area contributed by atoms with Gasteiger partial charge in [-0.2, -0.15) is 0 Å². The lowest BCUT2D eigenvalue weighted by molar-refractivity contribution is 0.000109. The molecule has 2 aliphatic rings. The van der Waals surface area contributed by atoms with E-state index in [9.17, 15) is 10.2 Å². The maximum atomic E-state index is 10.3. The van der Waals surface area contributed by atoms with E-state index in [0.717, 1.165) is 21.9 Å².